The maximum atomic E-state index is 13.0. The molecule has 1 aliphatic rings. The van der Waals surface area contributed by atoms with Gasteiger partial charge in [-0.15, -0.1) is 11.3 Å². The summed E-state index contributed by atoms with van der Waals surface area (Å²) in [7, 11) is 0. The van der Waals surface area contributed by atoms with Gasteiger partial charge in [-0.2, -0.15) is 0 Å². The first-order valence-electron chi connectivity index (χ1n) is 11.3. The molecule has 1 aromatic heterocycles. The maximum Gasteiger partial charge on any atom is 0.255 e. The van der Waals surface area contributed by atoms with Gasteiger partial charge in [0.05, 0.1) is 12.6 Å². The van der Waals surface area contributed by atoms with Crippen LogP contribution in [0, 0.1) is 0 Å². The number of carbonyl (C=O) groups is 2. The molecular formula is C26H26BrClN2O4S. The van der Waals surface area contributed by atoms with Gasteiger partial charge in [0.15, 0.2) is 12.2 Å². The molecule has 184 valence electrons. The Balaban J connectivity index is 1.32. The van der Waals surface area contributed by atoms with Crippen LogP contribution in [0.2, 0.25) is 5.02 Å². The highest BCUT2D eigenvalue weighted by Crippen LogP contribution is 2.33. The molecule has 9 heteroatoms. The van der Waals surface area contributed by atoms with E-state index in [9.17, 15) is 19.8 Å². The van der Waals surface area contributed by atoms with Crippen LogP contribution in [0.4, 0.5) is 0 Å². The Morgan fingerprint density at radius 2 is 1.94 bits per heavy atom. The molecule has 0 spiro atoms. The van der Waals surface area contributed by atoms with E-state index in [0.717, 1.165) is 38.9 Å². The Morgan fingerprint density at radius 1 is 1.14 bits per heavy atom. The Bertz CT molecular complexity index is 1200. The van der Waals surface area contributed by atoms with Crippen molar-refractivity contribution in [3.63, 3.8) is 0 Å². The van der Waals surface area contributed by atoms with Crippen LogP contribution in [-0.4, -0.2) is 45.7 Å². The molecule has 0 radical (unpaired) electrons. The highest BCUT2D eigenvalue weighted by atomic mass is 79.9. The summed E-state index contributed by atoms with van der Waals surface area (Å²) < 4.78 is 0.901. The second kappa shape index (κ2) is 11.7. The molecule has 2 amide bonds. The van der Waals surface area contributed by atoms with E-state index < -0.39 is 24.0 Å². The summed E-state index contributed by atoms with van der Waals surface area (Å²) in [5.74, 6) is -1.43. The number of likely N-dealkylation sites (tertiary alicyclic amines) is 1. The predicted molar refractivity (Wildman–Crippen MR) is 140 cm³/mol. The zero-order valence-corrected chi connectivity index (χ0v) is 22.0. The molecule has 3 aromatic rings. The summed E-state index contributed by atoms with van der Waals surface area (Å²) in [5, 5.41) is 26.2. The summed E-state index contributed by atoms with van der Waals surface area (Å²) >= 11 is 11.2. The zero-order chi connectivity index (χ0) is 24.9. The fraction of sp³-hybridized carbons (Fsp3) is 0.308. The van der Waals surface area contributed by atoms with Crippen LogP contribution >= 0.6 is 38.9 Å². The van der Waals surface area contributed by atoms with Crippen molar-refractivity contribution in [3.8, 4) is 0 Å². The van der Waals surface area contributed by atoms with E-state index in [2.05, 4.69) is 21.2 Å². The van der Waals surface area contributed by atoms with Gasteiger partial charge in [-0.25, -0.2) is 0 Å². The number of carbonyl (C=O) groups excluding carboxylic acids is 2. The van der Waals surface area contributed by atoms with Crippen LogP contribution < -0.4 is 5.32 Å². The van der Waals surface area contributed by atoms with E-state index >= 15 is 0 Å². The van der Waals surface area contributed by atoms with Gasteiger partial charge in [-0.1, -0.05) is 57.9 Å². The first kappa shape index (κ1) is 25.9. The van der Waals surface area contributed by atoms with E-state index in [1.807, 2.05) is 60.0 Å². The molecule has 1 saturated heterocycles. The van der Waals surface area contributed by atoms with Gasteiger partial charge in [0.2, 0.25) is 0 Å². The summed E-state index contributed by atoms with van der Waals surface area (Å²) in [6.45, 7) is 0.652. The van der Waals surface area contributed by atoms with Crippen LogP contribution in [0.25, 0.3) is 0 Å². The Labute approximate surface area is 221 Å². The smallest absolute Gasteiger partial charge is 0.255 e. The van der Waals surface area contributed by atoms with Crippen molar-refractivity contribution in [1.82, 2.24) is 10.2 Å². The molecule has 3 N–H and O–H groups in total. The Kier molecular flexibility index (Phi) is 8.62. The van der Waals surface area contributed by atoms with Crippen molar-refractivity contribution in [2.24, 2.45) is 0 Å². The van der Waals surface area contributed by atoms with Crippen LogP contribution in [-0.2, 0) is 22.6 Å². The first-order valence-corrected chi connectivity index (χ1v) is 13.4. The van der Waals surface area contributed by atoms with Gasteiger partial charge in [0, 0.05) is 20.9 Å². The second-order valence-electron chi connectivity index (χ2n) is 8.54. The summed E-state index contributed by atoms with van der Waals surface area (Å²) in [5.41, 5.74) is 3.03. The number of benzene rings is 2. The fourth-order valence-electron chi connectivity index (χ4n) is 4.29. The van der Waals surface area contributed by atoms with E-state index in [0.29, 0.717) is 18.0 Å². The molecule has 0 aliphatic carbocycles. The lowest BCUT2D eigenvalue weighted by Crippen LogP contribution is -2.50. The summed E-state index contributed by atoms with van der Waals surface area (Å²) in [4.78, 5) is 27.9. The Hall–Kier alpha value is -2.23. The van der Waals surface area contributed by atoms with Gasteiger partial charge in [0.25, 0.3) is 11.8 Å². The van der Waals surface area contributed by atoms with Crippen molar-refractivity contribution in [3.05, 3.63) is 91.0 Å². The molecule has 1 aliphatic heterocycles. The number of nitrogens with zero attached hydrogens (tertiary/aromatic N) is 1. The van der Waals surface area contributed by atoms with Crippen LogP contribution in [0.15, 0.2) is 64.5 Å². The third-order valence-electron chi connectivity index (χ3n) is 6.09. The molecule has 2 heterocycles. The van der Waals surface area contributed by atoms with Crippen molar-refractivity contribution in [1.29, 1.82) is 0 Å². The molecule has 6 nitrogen and oxygen atoms in total. The zero-order valence-electron chi connectivity index (χ0n) is 18.9. The molecular weight excluding hydrogens is 552 g/mol. The number of hydrogen-bond donors (Lipinski definition) is 3. The molecule has 2 aromatic carbocycles. The van der Waals surface area contributed by atoms with E-state index in [-0.39, 0.29) is 12.6 Å². The second-order valence-corrected chi connectivity index (χ2v) is 10.9. The van der Waals surface area contributed by atoms with Crippen LogP contribution in [0.1, 0.15) is 40.5 Å². The monoisotopic (exact) mass is 576 g/mol. The van der Waals surface area contributed by atoms with Gasteiger partial charge >= 0.3 is 0 Å². The number of rotatable bonds is 8. The highest BCUT2D eigenvalue weighted by Gasteiger charge is 2.38. The molecule has 1 fully saturated rings. The summed E-state index contributed by atoms with van der Waals surface area (Å²) in [6.07, 6.45) is -1.47. The number of aliphatic hydroxyl groups is 2. The number of nitrogens with one attached hydrogen (secondary N) is 1. The third-order valence-corrected chi connectivity index (χ3v) is 7.93. The normalized spacial score (nSPS) is 17.3. The lowest BCUT2D eigenvalue weighted by Gasteiger charge is -2.28. The number of hydrogen-bond acceptors (Lipinski definition) is 5. The maximum absolute atomic E-state index is 13.0. The lowest BCUT2D eigenvalue weighted by atomic mass is 10.0. The molecule has 0 bridgehead atoms. The number of aliphatic hydroxyl groups excluding tert-OH is 2. The van der Waals surface area contributed by atoms with E-state index in [1.54, 1.807) is 4.90 Å². The minimum atomic E-state index is -1.85. The van der Waals surface area contributed by atoms with E-state index in [4.69, 9.17) is 11.6 Å². The lowest BCUT2D eigenvalue weighted by molar-refractivity contribution is -0.153. The summed E-state index contributed by atoms with van der Waals surface area (Å²) in [6, 6.07) is 17.1. The van der Waals surface area contributed by atoms with Gasteiger partial charge in [0.1, 0.15) is 0 Å². The van der Waals surface area contributed by atoms with Crippen molar-refractivity contribution in [2.45, 2.75) is 44.1 Å². The van der Waals surface area contributed by atoms with Crippen LogP contribution in [0.5, 0.6) is 0 Å². The third kappa shape index (κ3) is 6.32. The van der Waals surface area contributed by atoms with Gasteiger partial charge in [-0.05, 0) is 65.6 Å². The Morgan fingerprint density at radius 3 is 2.71 bits per heavy atom. The van der Waals surface area contributed by atoms with E-state index in [1.165, 1.54) is 11.3 Å². The largest absolute Gasteiger partial charge is 0.380 e. The minimum absolute atomic E-state index is 0.189. The quantitative estimate of drug-likeness (QED) is 0.369. The first-order chi connectivity index (χ1) is 16.8. The molecule has 4 rings (SSSR count). The minimum Gasteiger partial charge on any atom is -0.380 e. The predicted octanol–water partition coefficient (Wildman–Crippen LogP) is 4.46. The van der Waals surface area contributed by atoms with Gasteiger partial charge < -0.3 is 20.4 Å². The number of halogens is 2. The van der Waals surface area contributed by atoms with Crippen LogP contribution in [0.3, 0.4) is 0 Å². The highest BCUT2D eigenvalue weighted by molar-refractivity contribution is 9.10. The molecule has 1 unspecified atom stereocenters. The fourth-order valence-corrected chi connectivity index (χ4v) is 5.74. The van der Waals surface area contributed by atoms with Crippen molar-refractivity contribution >= 4 is 50.7 Å². The standard InChI is InChI=1S/C26H26BrClN2O4S/c27-19-7-3-6-18(13-19)22-9-4-10-30(22)26(34)24(32)23(31)25(33)29-14-20-12-16(15-35-20)11-17-5-1-2-8-21(17)28/h1-3,5-8,12-13,15,22-24,31-32H,4,9-11,14H2,(H,29,33)/t22?,23-,24-/m1/s1. The topological polar surface area (TPSA) is 89.9 Å². The number of amides is 2. The molecule has 35 heavy (non-hydrogen) atoms. The number of thiophene rings is 1. The molecule has 0 saturated carbocycles. The SMILES string of the molecule is O=C(NCc1cc(Cc2ccccc2Cl)cs1)[C@H](O)[C@@H](O)C(=O)N1CCCC1c1cccc(Br)c1. The molecule has 3 atom stereocenters. The average molecular weight is 578 g/mol. The van der Waals surface area contributed by atoms with Gasteiger partial charge in [-0.3, -0.25) is 9.59 Å². The van der Waals surface area contributed by atoms with Crippen molar-refractivity contribution in [2.75, 3.05) is 6.54 Å². The van der Waals surface area contributed by atoms with Crippen molar-refractivity contribution < 1.29 is 19.8 Å². The average Bonchev–Trinajstić information content (AvgIpc) is 3.52.